The second-order valence-corrected chi connectivity index (χ2v) is 6.98. The van der Waals surface area contributed by atoms with Gasteiger partial charge in [0.05, 0.1) is 17.2 Å². The minimum atomic E-state index is -0.468. The first-order chi connectivity index (χ1) is 12.5. The van der Waals surface area contributed by atoms with Crippen molar-refractivity contribution in [2.75, 3.05) is 0 Å². The molecule has 9 nitrogen and oxygen atoms in total. The molecule has 0 saturated heterocycles. The van der Waals surface area contributed by atoms with Crippen molar-refractivity contribution in [3.63, 3.8) is 0 Å². The van der Waals surface area contributed by atoms with E-state index < -0.39 is 4.92 Å². The summed E-state index contributed by atoms with van der Waals surface area (Å²) in [6, 6.07) is 10.4. The van der Waals surface area contributed by atoms with Gasteiger partial charge in [-0.3, -0.25) is 14.9 Å². The molecule has 1 aromatic carbocycles. The van der Waals surface area contributed by atoms with Gasteiger partial charge in [-0.15, -0.1) is 5.10 Å². The van der Waals surface area contributed by atoms with Gasteiger partial charge < -0.3 is 5.32 Å². The second-order valence-electron chi connectivity index (χ2n) is 4.97. The lowest BCUT2D eigenvalue weighted by atomic mass is 10.3. The van der Waals surface area contributed by atoms with Gasteiger partial charge in [-0.1, -0.05) is 27.3 Å². The van der Waals surface area contributed by atoms with Crippen LogP contribution in [0.15, 0.2) is 46.9 Å². The smallest absolute Gasteiger partial charge is 0.324 e. The molecular formula is C15H11BrN6O3S. The molecule has 0 fully saturated rings. The fraction of sp³-hybridized carbons (Fsp3) is 0.0667. The number of hydrogen-bond donors (Lipinski definition) is 1. The van der Waals surface area contributed by atoms with Gasteiger partial charge in [-0.2, -0.15) is 4.68 Å². The number of carbonyl (C=O) groups is 1. The molecule has 0 bridgehead atoms. The largest absolute Gasteiger partial charge is 0.345 e. The maximum atomic E-state index is 11.9. The van der Waals surface area contributed by atoms with Gasteiger partial charge in [-0.05, 0) is 46.8 Å². The zero-order valence-electron chi connectivity index (χ0n) is 13.1. The molecule has 0 unspecified atom stereocenters. The third-order valence-electron chi connectivity index (χ3n) is 3.22. The zero-order valence-corrected chi connectivity index (χ0v) is 15.5. The number of nitrogens with zero attached hydrogens (tertiary/aromatic N) is 5. The molecule has 0 radical (unpaired) electrons. The van der Waals surface area contributed by atoms with E-state index in [-0.39, 0.29) is 17.5 Å². The number of thiophene rings is 1. The van der Waals surface area contributed by atoms with E-state index in [0.29, 0.717) is 10.7 Å². The minimum absolute atomic E-state index is 0.0266. The molecular weight excluding hydrogens is 424 g/mol. The summed E-state index contributed by atoms with van der Waals surface area (Å²) >= 11 is 4.35. The molecule has 0 aliphatic heterocycles. The summed E-state index contributed by atoms with van der Waals surface area (Å²) in [5, 5.41) is 24.8. The van der Waals surface area contributed by atoms with Crippen molar-refractivity contribution >= 4 is 44.3 Å². The van der Waals surface area contributed by atoms with E-state index in [4.69, 9.17) is 0 Å². The number of amides is 1. The fourth-order valence-corrected chi connectivity index (χ4v) is 3.00. The molecule has 0 atom stereocenters. The number of rotatable bonds is 6. The summed E-state index contributed by atoms with van der Waals surface area (Å²) in [6.45, 7) is 0.136. The summed E-state index contributed by atoms with van der Waals surface area (Å²) in [5.74, 6) is 0.118. The van der Waals surface area contributed by atoms with Crippen LogP contribution in [0.5, 0.6) is 0 Å². The SMILES string of the molecule is O=C(/C=C/c1ccc([N+](=O)[O-])s1)NCc1nnnn1-c1ccc(Br)cc1. The monoisotopic (exact) mass is 434 g/mol. The van der Waals surface area contributed by atoms with Gasteiger partial charge in [0.2, 0.25) is 5.91 Å². The van der Waals surface area contributed by atoms with Crippen LogP contribution in [0.3, 0.4) is 0 Å². The van der Waals surface area contributed by atoms with Crippen molar-refractivity contribution in [1.29, 1.82) is 0 Å². The highest BCUT2D eigenvalue weighted by Gasteiger charge is 2.10. The first kappa shape index (κ1) is 17.9. The lowest BCUT2D eigenvalue weighted by Crippen LogP contribution is -2.22. The quantitative estimate of drug-likeness (QED) is 0.362. The molecule has 3 aromatic rings. The maximum absolute atomic E-state index is 11.9. The Morgan fingerprint density at radius 3 is 2.77 bits per heavy atom. The Morgan fingerprint density at radius 2 is 2.08 bits per heavy atom. The summed E-state index contributed by atoms with van der Waals surface area (Å²) in [4.78, 5) is 22.7. The van der Waals surface area contributed by atoms with Gasteiger partial charge >= 0.3 is 5.00 Å². The van der Waals surface area contributed by atoms with E-state index in [1.54, 1.807) is 6.07 Å². The van der Waals surface area contributed by atoms with Crippen molar-refractivity contribution < 1.29 is 9.72 Å². The third-order valence-corrected chi connectivity index (χ3v) is 4.75. The van der Waals surface area contributed by atoms with E-state index >= 15 is 0 Å². The van der Waals surface area contributed by atoms with Crippen molar-refractivity contribution in [3.8, 4) is 5.69 Å². The molecule has 26 heavy (non-hydrogen) atoms. The molecule has 1 amide bonds. The molecule has 2 heterocycles. The minimum Gasteiger partial charge on any atom is -0.345 e. The average molecular weight is 435 g/mol. The van der Waals surface area contributed by atoms with E-state index in [2.05, 4.69) is 36.8 Å². The second kappa shape index (κ2) is 7.97. The molecule has 0 aliphatic rings. The normalized spacial score (nSPS) is 11.0. The van der Waals surface area contributed by atoms with Crippen LogP contribution in [0.25, 0.3) is 11.8 Å². The first-order valence-corrected chi connectivity index (χ1v) is 8.87. The van der Waals surface area contributed by atoms with E-state index in [9.17, 15) is 14.9 Å². The Kier molecular flexibility index (Phi) is 5.49. The Balaban J connectivity index is 1.61. The van der Waals surface area contributed by atoms with Crippen LogP contribution in [0.4, 0.5) is 5.00 Å². The highest BCUT2D eigenvalue weighted by Crippen LogP contribution is 2.24. The van der Waals surface area contributed by atoms with Crippen LogP contribution >= 0.6 is 27.3 Å². The topological polar surface area (TPSA) is 116 Å². The van der Waals surface area contributed by atoms with Crippen LogP contribution in [-0.2, 0) is 11.3 Å². The van der Waals surface area contributed by atoms with Crippen molar-refractivity contribution in [2.45, 2.75) is 6.54 Å². The summed E-state index contributed by atoms with van der Waals surface area (Å²) in [7, 11) is 0. The maximum Gasteiger partial charge on any atom is 0.324 e. The standard InChI is InChI=1S/C15H11BrN6O3S/c16-10-1-3-11(4-2-10)21-13(18-19-20-21)9-17-14(23)7-5-12-6-8-15(26-12)22(24)25/h1-8H,9H2,(H,17,23)/b7-5+. The number of hydrogen-bond acceptors (Lipinski definition) is 7. The Labute approximate surface area is 159 Å². The number of halogens is 1. The zero-order chi connectivity index (χ0) is 18.5. The van der Waals surface area contributed by atoms with Crippen molar-refractivity contribution in [3.05, 3.63) is 67.8 Å². The van der Waals surface area contributed by atoms with Crippen LogP contribution in [0.1, 0.15) is 10.7 Å². The predicted molar refractivity (Wildman–Crippen MR) is 98.7 cm³/mol. The summed E-state index contributed by atoms with van der Waals surface area (Å²) < 4.78 is 2.46. The Bertz CT molecular complexity index is 966. The van der Waals surface area contributed by atoms with E-state index in [0.717, 1.165) is 21.5 Å². The van der Waals surface area contributed by atoms with Gasteiger partial charge in [0, 0.05) is 21.5 Å². The third kappa shape index (κ3) is 4.37. The van der Waals surface area contributed by atoms with Gasteiger partial charge in [0.25, 0.3) is 0 Å². The summed E-state index contributed by atoms with van der Waals surface area (Å²) in [5.41, 5.74) is 0.767. The van der Waals surface area contributed by atoms with Crippen LogP contribution in [-0.4, -0.2) is 31.0 Å². The first-order valence-electron chi connectivity index (χ1n) is 7.26. The van der Waals surface area contributed by atoms with E-state index in [1.165, 1.54) is 22.9 Å². The predicted octanol–water partition coefficient (Wildman–Crippen LogP) is 2.72. The molecule has 1 N–H and O–H groups in total. The van der Waals surface area contributed by atoms with Gasteiger partial charge in [-0.25, -0.2) is 0 Å². The number of tetrazole rings is 1. The number of carbonyl (C=O) groups excluding carboxylic acids is 1. The lowest BCUT2D eigenvalue weighted by molar-refractivity contribution is -0.380. The number of nitro groups is 1. The van der Waals surface area contributed by atoms with E-state index in [1.807, 2.05) is 24.3 Å². The molecule has 11 heteroatoms. The van der Waals surface area contributed by atoms with Crippen LogP contribution < -0.4 is 5.32 Å². The molecule has 132 valence electrons. The van der Waals surface area contributed by atoms with Crippen molar-refractivity contribution in [2.24, 2.45) is 0 Å². The van der Waals surface area contributed by atoms with Crippen LogP contribution in [0.2, 0.25) is 0 Å². The molecule has 0 spiro atoms. The molecule has 3 rings (SSSR count). The van der Waals surface area contributed by atoms with Gasteiger partial charge in [0.15, 0.2) is 5.82 Å². The van der Waals surface area contributed by atoms with Gasteiger partial charge in [0.1, 0.15) is 0 Å². The average Bonchev–Trinajstić information content (AvgIpc) is 3.28. The summed E-state index contributed by atoms with van der Waals surface area (Å²) in [6.07, 6.45) is 2.83. The molecule has 0 saturated carbocycles. The fourth-order valence-electron chi connectivity index (χ4n) is 2.01. The molecule has 0 aliphatic carbocycles. The number of aromatic nitrogens is 4. The highest BCUT2D eigenvalue weighted by atomic mass is 79.9. The molecule has 2 aromatic heterocycles. The number of nitrogens with one attached hydrogen (secondary N) is 1. The number of benzene rings is 1. The Hall–Kier alpha value is -2.92. The van der Waals surface area contributed by atoms with Crippen molar-refractivity contribution in [1.82, 2.24) is 25.5 Å². The highest BCUT2D eigenvalue weighted by molar-refractivity contribution is 9.10. The Morgan fingerprint density at radius 1 is 1.31 bits per heavy atom. The lowest BCUT2D eigenvalue weighted by Gasteiger charge is -2.05. The van der Waals surface area contributed by atoms with Crippen LogP contribution in [0, 0.1) is 10.1 Å².